The van der Waals surface area contributed by atoms with Crippen molar-refractivity contribution in [2.75, 3.05) is 13.1 Å². The number of alkyl halides is 3. The average molecular weight is 488 g/mol. The van der Waals surface area contributed by atoms with Gasteiger partial charge in [-0.1, -0.05) is 24.6 Å². The van der Waals surface area contributed by atoms with E-state index in [1.165, 1.54) is 6.07 Å². The van der Waals surface area contributed by atoms with Crippen LogP contribution in [0.1, 0.15) is 24.1 Å². The van der Waals surface area contributed by atoms with Gasteiger partial charge in [-0.05, 0) is 29.8 Å². The molecular weight excluding hydrogens is 470 g/mol. The van der Waals surface area contributed by atoms with E-state index >= 15 is 0 Å². The third-order valence-electron chi connectivity index (χ3n) is 4.16. The highest BCUT2D eigenvalue weighted by molar-refractivity contribution is 7.89. The summed E-state index contributed by atoms with van der Waals surface area (Å²) in [5.41, 5.74) is 4.70. The molecule has 0 aliphatic heterocycles. The molecule has 0 bridgehead atoms. The standard InChI is InChI=1S/C17H17ClF3N3O4S.ClH/c1-2-23(29(27,28)13-6-4-12(5-7-13)24(25)26)10-16(22)11-3-8-15(18)14(9-11)17(19,20)21;/h3-9,16H,2,10,22H2,1H3;1H. The molecule has 2 rings (SSSR count). The van der Waals surface area contributed by atoms with E-state index in [-0.39, 0.29) is 41.6 Å². The molecular formula is C17H18Cl2F3N3O4S. The van der Waals surface area contributed by atoms with Crippen LogP contribution in [0.15, 0.2) is 47.4 Å². The summed E-state index contributed by atoms with van der Waals surface area (Å²) in [5, 5.41) is 10.2. The molecule has 0 radical (unpaired) electrons. The van der Waals surface area contributed by atoms with Crippen molar-refractivity contribution in [3.63, 3.8) is 0 Å². The van der Waals surface area contributed by atoms with Gasteiger partial charge < -0.3 is 5.73 Å². The van der Waals surface area contributed by atoms with Crippen LogP contribution in [-0.4, -0.2) is 30.7 Å². The highest BCUT2D eigenvalue weighted by Gasteiger charge is 2.34. The fourth-order valence-corrected chi connectivity index (χ4v) is 4.30. The summed E-state index contributed by atoms with van der Waals surface area (Å²) in [4.78, 5) is 9.86. The number of non-ortho nitro benzene ring substituents is 1. The second-order valence-corrected chi connectivity index (χ2v) is 8.40. The van der Waals surface area contributed by atoms with E-state index in [0.29, 0.717) is 0 Å². The minimum atomic E-state index is -4.68. The zero-order valence-corrected chi connectivity index (χ0v) is 17.9. The molecule has 2 aromatic carbocycles. The number of rotatable bonds is 7. The van der Waals surface area contributed by atoms with Crippen LogP contribution in [0.5, 0.6) is 0 Å². The summed E-state index contributed by atoms with van der Waals surface area (Å²) >= 11 is 5.59. The van der Waals surface area contributed by atoms with Crippen molar-refractivity contribution < 1.29 is 26.5 Å². The minimum absolute atomic E-state index is 0. The van der Waals surface area contributed by atoms with Gasteiger partial charge in [-0.25, -0.2) is 8.42 Å². The van der Waals surface area contributed by atoms with Gasteiger partial charge in [0.25, 0.3) is 5.69 Å². The fourth-order valence-electron chi connectivity index (χ4n) is 2.60. The van der Waals surface area contributed by atoms with Crippen molar-refractivity contribution in [2.45, 2.75) is 24.0 Å². The van der Waals surface area contributed by atoms with Crippen LogP contribution in [0, 0.1) is 10.1 Å². The molecule has 13 heteroatoms. The first-order chi connectivity index (χ1) is 13.4. The molecule has 2 N–H and O–H groups in total. The number of hydrogen-bond donors (Lipinski definition) is 1. The quantitative estimate of drug-likeness (QED) is 0.460. The maximum atomic E-state index is 13.0. The first kappa shape index (κ1) is 26.1. The molecule has 0 spiro atoms. The largest absolute Gasteiger partial charge is 0.417 e. The van der Waals surface area contributed by atoms with Gasteiger partial charge in [0.2, 0.25) is 10.0 Å². The third-order valence-corrected chi connectivity index (χ3v) is 6.45. The lowest BCUT2D eigenvalue weighted by atomic mass is 10.0. The molecule has 0 heterocycles. The SMILES string of the molecule is CCN(CC(N)c1ccc(Cl)c(C(F)(F)F)c1)S(=O)(=O)c1ccc([N+](=O)[O-])cc1.Cl. The van der Waals surface area contributed by atoms with Crippen LogP contribution >= 0.6 is 24.0 Å². The van der Waals surface area contributed by atoms with E-state index in [4.69, 9.17) is 17.3 Å². The van der Waals surface area contributed by atoms with Crippen molar-refractivity contribution >= 4 is 39.7 Å². The molecule has 2 aromatic rings. The normalized spacial score (nSPS) is 13.0. The Morgan fingerprint density at radius 3 is 2.23 bits per heavy atom. The lowest BCUT2D eigenvalue weighted by Crippen LogP contribution is -2.37. The maximum Gasteiger partial charge on any atom is 0.417 e. The Morgan fingerprint density at radius 2 is 1.77 bits per heavy atom. The Balaban J connectivity index is 0.00000450. The zero-order valence-electron chi connectivity index (χ0n) is 15.5. The second kappa shape index (κ2) is 9.92. The number of sulfonamides is 1. The summed E-state index contributed by atoms with van der Waals surface area (Å²) in [7, 11) is -4.06. The number of nitrogens with two attached hydrogens (primary N) is 1. The number of nitrogens with zero attached hydrogens (tertiary/aromatic N) is 2. The molecule has 0 fully saturated rings. The van der Waals surface area contributed by atoms with E-state index in [0.717, 1.165) is 40.7 Å². The second-order valence-electron chi connectivity index (χ2n) is 6.05. The summed E-state index contributed by atoms with van der Waals surface area (Å²) in [6.45, 7) is 1.24. The summed E-state index contributed by atoms with van der Waals surface area (Å²) in [5.74, 6) is 0. The average Bonchev–Trinajstić information content (AvgIpc) is 2.65. The van der Waals surface area contributed by atoms with Crippen molar-refractivity contribution in [3.05, 3.63) is 68.7 Å². The summed E-state index contributed by atoms with van der Waals surface area (Å²) < 4.78 is 65.7. The first-order valence-corrected chi connectivity index (χ1v) is 10.1. The van der Waals surface area contributed by atoms with Crippen molar-refractivity contribution in [1.82, 2.24) is 4.31 Å². The highest BCUT2D eigenvalue weighted by atomic mass is 35.5. The van der Waals surface area contributed by atoms with Crippen LogP contribution in [-0.2, 0) is 16.2 Å². The Morgan fingerprint density at radius 1 is 1.20 bits per heavy atom. The first-order valence-electron chi connectivity index (χ1n) is 8.24. The Hall–Kier alpha value is -1.92. The molecule has 0 aliphatic rings. The molecule has 0 amide bonds. The molecule has 30 heavy (non-hydrogen) atoms. The van der Waals surface area contributed by atoms with Gasteiger partial charge in [0.05, 0.1) is 20.4 Å². The smallest absolute Gasteiger partial charge is 0.323 e. The van der Waals surface area contributed by atoms with Crippen LogP contribution in [0.2, 0.25) is 5.02 Å². The topological polar surface area (TPSA) is 107 Å². The van der Waals surface area contributed by atoms with Gasteiger partial charge in [0.1, 0.15) is 0 Å². The number of benzene rings is 2. The molecule has 0 aromatic heterocycles. The summed E-state index contributed by atoms with van der Waals surface area (Å²) in [6.07, 6.45) is -4.68. The summed E-state index contributed by atoms with van der Waals surface area (Å²) in [6, 6.07) is 6.37. The van der Waals surface area contributed by atoms with Crippen LogP contribution in [0.25, 0.3) is 0 Å². The van der Waals surface area contributed by atoms with Crippen molar-refractivity contribution in [1.29, 1.82) is 0 Å². The van der Waals surface area contributed by atoms with Gasteiger partial charge in [-0.3, -0.25) is 10.1 Å². The van der Waals surface area contributed by atoms with Crippen molar-refractivity contribution in [3.8, 4) is 0 Å². The van der Waals surface area contributed by atoms with Gasteiger partial charge >= 0.3 is 6.18 Å². The number of nitro groups is 1. The number of halogens is 5. The lowest BCUT2D eigenvalue weighted by Gasteiger charge is -2.24. The van der Waals surface area contributed by atoms with E-state index in [1.54, 1.807) is 6.92 Å². The zero-order chi connectivity index (χ0) is 22.0. The van der Waals surface area contributed by atoms with Crippen molar-refractivity contribution in [2.24, 2.45) is 5.73 Å². The highest BCUT2D eigenvalue weighted by Crippen LogP contribution is 2.36. The molecule has 1 atom stereocenters. The lowest BCUT2D eigenvalue weighted by molar-refractivity contribution is -0.384. The number of hydrogen-bond acceptors (Lipinski definition) is 5. The maximum absolute atomic E-state index is 13.0. The Labute approximate surface area is 182 Å². The van der Waals surface area contributed by atoms with E-state index in [9.17, 15) is 31.7 Å². The van der Waals surface area contributed by atoms with E-state index < -0.39 is 37.8 Å². The monoisotopic (exact) mass is 487 g/mol. The number of likely N-dealkylation sites (N-methyl/N-ethyl adjacent to an activating group) is 1. The molecule has 0 aliphatic carbocycles. The third kappa shape index (κ3) is 5.82. The van der Waals surface area contributed by atoms with E-state index in [2.05, 4.69) is 0 Å². The molecule has 1 unspecified atom stereocenters. The minimum Gasteiger partial charge on any atom is -0.323 e. The van der Waals surface area contributed by atoms with Crippen LogP contribution in [0.3, 0.4) is 0 Å². The van der Waals surface area contributed by atoms with Gasteiger partial charge in [-0.2, -0.15) is 17.5 Å². The Bertz CT molecular complexity index is 1000. The van der Waals surface area contributed by atoms with Crippen LogP contribution < -0.4 is 5.73 Å². The molecule has 7 nitrogen and oxygen atoms in total. The number of nitro benzene ring substituents is 1. The van der Waals surface area contributed by atoms with E-state index in [1.807, 2.05) is 0 Å². The van der Waals surface area contributed by atoms with Gasteiger partial charge in [0.15, 0.2) is 0 Å². The molecule has 166 valence electrons. The fraction of sp³-hybridized carbons (Fsp3) is 0.294. The van der Waals surface area contributed by atoms with Gasteiger partial charge in [0, 0.05) is 31.3 Å². The van der Waals surface area contributed by atoms with Gasteiger partial charge in [-0.15, -0.1) is 12.4 Å². The van der Waals surface area contributed by atoms with Crippen LogP contribution in [0.4, 0.5) is 18.9 Å². The predicted molar refractivity (Wildman–Crippen MR) is 108 cm³/mol. The predicted octanol–water partition coefficient (Wildman–Crippen LogP) is 4.40. The molecule has 0 saturated carbocycles. The Kier molecular flexibility index (Phi) is 8.64. The molecule has 0 saturated heterocycles.